The van der Waals surface area contributed by atoms with E-state index in [1.165, 1.54) is 11.3 Å². The first kappa shape index (κ1) is 23.6. The Hall–Kier alpha value is -3.58. The molecule has 0 aliphatic carbocycles. The molecule has 2 aromatic carbocycles. The molecule has 0 amide bonds. The number of hydrogen-bond donors (Lipinski definition) is 0. The topological polar surface area (TPSA) is 59.3 Å². The summed E-state index contributed by atoms with van der Waals surface area (Å²) >= 11 is 0. The lowest BCUT2D eigenvalue weighted by molar-refractivity contribution is 0.413. The van der Waals surface area contributed by atoms with E-state index in [2.05, 4.69) is 62.2 Å². The average Bonchev–Trinajstić information content (AvgIpc) is 3.30. The van der Waals surface area contributed by atoms with Gasteiger partial charge in [0.1, 0.15) is 5.75 Å². The predicted octanol–water partition coefficient (Wildman–Crippen LogP) is 4.70. The number of anilines is 2. The Kier molecular flexibility index (Phi) is 7.03. The van der Waals surface area contributed by atoms with Crippen LogP contribution in [0.5, 0.6) is 5.75 Å². The standard InChI is InChI=1S/C26H28N6O.ClH/c1-19-5-4-6-22(15-19)30-11-13-31(14-12-30)26-10-8-23(28-29-26)21-7-9-24(25(16-21)33-3)32-17-20(2)27-18-32;/h4-10,15-18H,11-14H2,1-3H3;1H. The Labute approximate surface area is 206 Å². The van der Waals surface area contributed by atoms with Gasteiger partial charge in [0.15, 0.2) is 5.82 Å². The summed E-state index contributed by atoms with van der Waals surface area (Å²) in [5, 5.41) is 9.05. The molecule has 0 saturated carbocycles. The molecule has 5 rings (SSSR count). The van der Waals surface area contributed by atoms with Crippen LogP contribution in [0.15, 0.2) is 67.1 Å². The molecule has 8 heteroatoms. The van der Waals surface area contributed by atoms with Crippen LogP contribution in [0.1, 0.15) is 11.3 Å². The van der Waals surface area contributed by atoms with Crippen LogP contribution in [0.4, 0.5) is 11.5 Å². The van der Waals surface area contributed by atoms with E-state index in [1.54, 1.807) is 13.4 Å². The smallest absolute Gasteiger partial charge is 0.151 e. The van der Waals surface area contributed by atoms with E-state index in [0.717, 1.165) is 60.4 Å². The third kappa shape index (κ3) is 4.84. The summed E-state index contributed by atoms with van der Waals surface area (Å²) in [5.41, 5.74) is 6.28. The summed E-state index contributed by atoms with van der Waals surface area (Å²) < 4.78 is 7.60. The number of rotatable bonds is 5. The molecule has 0 radical (unpaired) electrons. The zero-order valence-corrected chi connectivity index (χ0v) is 20.5. The third-order valence-corrected chi connectivity index (χ3v) is 6.09. The largest absolute Gasteiger partial charge is 0.495 e. The van der Waals surface area contributed by atoms with Gasteiger partial charge in [-0.05, 0) is 55.8 Å². The van der Waals surface area contributed by atoms with Crippen molar-refractivity contribution < 1.29 is 4.74 Å². The molecule has 1 fully saturated rings. The number of nitrogens with zero attached hydrogens (tertiary/aromatic N) is 6. The molecule has 0 unspecified atom stereocenters. The highest BCUT2D eigenvalue weighted by Crippen LogP contribution is 2.29. The molecule has 1 aliphatic heterocycles. The summed E-state index contributed by atoms with van der Waals surface area (Å²) in [5.74, 6) is 1.68. The van der Waals surface area contributed by atoms with E-state index >= 15 is 0 Å². The fourth-order valence-electron chi connectivity index (χ4n) is 4.27. The summed E-state index contributed by atoms with van der Waals surface area (Å²) in [7, 11) is 1.68. The highest BCUT2D eigenvalue weighted by atomic mass is 35.5. The second kappa shape index (κ2) is 10.1. The van der Waals surface area contributed by atoms with Gasteiger partial charge in [-0.25, -0.2) is 4.98 Å². The Bertz CT molecular complexity index is 1250. The van der Waals surface area contributed by atoms with Gasteiger partial charge in [0.25, 0.3) is 0 Å². The molecule has 34 heavy (non-hydrogen) atoms. The van der Waals surface area contributed by atoms with E-state index < -0.39 is 0 Å². The Morgan fingerprint density at radius 2 is 1.65 bits per heavy atom. The van der Waals surface area contributed by atoms with Crippen LogP contribution in [0.3, 0.4) is 0 Å². The van der Waals surface area contributed by atoms with E-state index in [1.807, 2.05) is 42.0 Å². The molecule has 0 bridgehead atoms. The summed E-state index contributed by atoms with van der Waals surface area (Å²) in [6.45, 7) is 7.90. The van der Waals surface area contributed by atoms with Crippen LogP contribution in [-0.2, 0) is 0 Å². The van der Waals surface area contributed by atoms with Crippen LogP contribution < -0.4 is 14.5 Å². The van der Waals surface area contributed by atoms with Gasteiger partial charge in [-0.15, -0.1) is 22.6 Å². The van der Waals surface area contributed by atoms with Gasteiger partial charge in [0.2, 0.25) is 0 Å². The van der Waals surface area contributed by atoms with Crippen LogP contribution in [-0.4, -0.2) is 53.0 Å². The molecule has 3 heterocycles. The molecular weight excluding hydrogens is 448 g/mol. The van der Waals surface area contributed by atoms with E-state index in [9.17, 15) is 0 Å². The van der Waals surface area contributed by atoms with E-state index in [4.69, 9.17) is 4.74 Å². The molecule has 176 valence electrons. The molecule has 4 aromatic rings. The number of aromatic nitrogens is 4. The van der Waals surface area contributed by atoms with Gasteiger partial charge in [-0.2, -0.15) is 0 Å². The SMILES string of the molecule is COc1cc(-c2ccc(N3CCN(c4cccc(C)c4)CC3)nn2)ccc1-n1cnc(C)c1.Cl. The fourth-order valence-corrected chi connectivity index (χ4v) is 4.27. The highest BCUT2D eigenvalue weighted by molar-refractivity contribution is 5.85. The van der Waals surface area contributed by atoms with Crippen LogP contribution in [0.25, 0.3) is 16.9 Å². The Morgan fingerprint density at radius 3 is 2.29 bits per heavy atom. The van der Waals surface area contributed by atoms with Crippen molar-refractivity contribution >= 4 is 23.9 Å². The molecule has 7 nitrogen and oxygen atoms in total. The summed E-state index contributed by atoms with van der Waals surface area (Å²) in [4.78, 5) is 9.04. The van der Waals surface area contributed by atoms with Crippen molar-refractivity contribution in [3.63, 3.8) is 0 Å². The lowest BCUT2D eigenvalue weighted by Crippen LogP contribution is -2.46. The van der Waals surface area contributed by atoms with E-state index in [0.29, 0.717) is 0 Å². The van der Waals surface area contributed by atoms with E-state index in [-0.39, 0.29) is 12.4 Å². The van der Waals surface area contributed by atoms with Crippen molar-refractivity contribution in [2.75, 3.05) is 43.1 Å². The molecular formula is C26H29ClN6O. The molecule has 0 spiro atoms. The molecule has 1 aliphatic rings. The lowest BCUT2D eigenvalue weighted by Gasteiger charge is -2.36. The normalized spacial score (nSPS) is 13.5. The van der Waals surface area contributed by atoms with Crippen molar-refractivity contribution in [3.8, 4) is 22.7 Å². The van der Waals surface area contributed by atoms with Crippen LogP contribution >= 0.6 is 12.4 Å². The van der Waals surface area contributed by atoms with Crippen LogP contribution in [0, 0.1) is 13.8 Å². The second-order valence-electron chi connectivity index (χ2n) is 8.40. The minimum Gasteiger partial charge on any atom is -0.495 e. The summed E-state index contributed by atoms with van der Waals surface area (Å²) in [6.07, 6.45) is 3.77. The lowest BCUT2D eigenvalue weighted by atomic mass is 10.1. The number of benzene rings is 2. The zero-order valence-electron chi connectivity index (χ0n) is 19.7. The Balaban J connectivity index is 0.00000274. The number of ether oxygens (including phenoxy) is 1. The minimum absolute atomic E-state index is 0. The van der Waals surface area contributed by atoms with Gasteiger partial charge in [-0.3, -0.25) is 0 Å². The first-order valence-electron chi connectivity index (χ1n) is 11.2. The maximum atomic E-state index is 5.63. The predicted molar refractivity (Wildman–Crippen MR) is 139 cm³/mol. The number of methoxy groups -OCH3 is 1. The second-order valence-corrected chi connectivity index (χ2v) is 8.40. The molecule has 0 N–H and O–H groups in total. The summed E-state index contributed by atoms with van der Waals surface area (Å²) in [6, 6.07) is 18.8. The van der Waals surface area contributed by atoms with Gasteiger partial charge in [-0.1, -0.05) is 18.2 Å². The number of imidazole rings is 1. The zero-order chi connectivity index (χ0) is 22.8. The Morgan fingerprint density at radius 1 is 0.853 bits per heavy atom. The quantitative estimate of drug-likeness (QED) is 0.416. The van der Waals surface area contributed by atoms with Crippen molar-refractivity contribution in [2.24, 2.45) is 0 Å². The van der Waals surface area contributed by atoms with Crippen molar-refractivity contribution in [1.29, 1.82) is 0 Å². The highest BCUT2D eigenvalue weighted by Gasteiger charge is 2.19. The van der Waals surface area contributed by atoms with Gasteiger partial charge in [0.05, 0.1) is 30.5 Å². The molecule has 1 saturated heterocycles. The first-order chi connectivity index (χ1) is 16.1. The number of aryl methyl sites for hydroxylation is 2. The number of halogens is 1. The van der Waals surface area contributed by atoms with Gasteiger partial charge in [0, 0.05) is 43.6 Å². The van der Waals surface area contributed by atoms with Gasteiger partial charge < -0.3 is 19.1 Å². The van der Waals surface area contributed by atoms with Crippen molar-refractivity contribution in [3.05, 3.63) is 78.4 Å². The maximum Gasteiger partial charge on any atom is 0.151 e. The van der Waals surface area contributed by atoms with Crippen molar-refractivity contribution in [1.82, 2.24) is 19.7 Å². The third-order valence-electron chi connectivity index (χ3n) is 6.09. The van der Waals surface area contributed by atoms with Gasteiger partial charge >= 0.3 is 0 Å². The van der Waals surface area contributed by atoms with Crippen LogP contribution in [0.2, 0.25) is 0 Å². The first-order valence-corrected chi connectivity index (χ1v) is 11.2. The monoisotopic (exact) mass is 476 g/mol. The average molecular weight is 477 g/mol. The van der Waals surface area contributed by atoms with Crippen molar-refractivity contribution in [2.45, 2.75) is 13.8 Å². The minimum atomic E-state index is 0. The maximum absolute atomic E-state index is 5.63. The fraction of sp³-hybridized carbons (Fsp3) is 0.269. The number of piperazine rings is 1. The molecule has 2 aromatic heterocycles. The molecule has 0 atom stereocenters. The number of hydrogen-bond acceptors (Lipinski definition) is 6.